The molecule has 3 rings (SSSR count). The maximum Gasteiger partial charge on any atom is 0.160 e. The van der Waals surface area contributed by atoms with Crippen LogP contribution in [0.1, 0.15) is 31.6 Å². The number of nitrogens with zero attached hydrogens (tertiary/aromatic N) is 3. The molecule has 0 unspecified atom stereocenters. The van der Waals surface area contributed by atoms with Gasteiger partial charge in [-0.25, -0.2) is 9.97 Å². The van der Waals surface area contributed by atoms with E-state index in [1.54, 1.807) is 6.20 Å². The highest BCUT2D eigenvalue weighted by Crippen LogP contribution is 2.38. The van der Waals surface area contributed by atoms with Crippen molar-refractivity contribution in [2.75, 3.05) is 5.73 Å². The lowest BCUT2D eigenvalue weighted by atomic mass is 10.4. The molecule has 0 saturated heterocycles. The quantitative estimate of drug-likeness (QED) is 0.809. The van der Waals surface area contributed by atoms with Gasteiger partial charge in [0, 0.05) is 12.5 Å². The summed E-state index contributed by atoms with van der Waals surface area (Å²) in [7, 11) is 0. The first-order chi connectivity index (χ1) is 7.29. The minimum absolute atomic E-state index is 0.626. The predicted octanol–water partition coefficient (Wildman–Crippen LogP) is 1.91. The molecule has 0 bridgehead atoms. The van der Waals surface area contributed by atoms with E-state index in [2.05, 4.69) is 21.5 Å². The van der Waals surface area contributed by atoms with Gasteiger partial charge in [-0.15, -0.1) is 0 Å². The van der Waals surface area contributed by atoms with Crippen LogP contribution in [0, 0.1) is 0 Å². The van der Waals surface area contributed by atoms with E-state index in [0.717, 1.165) is 23.4 Å². The SMILES string of the molecule is CCc1nc2cc(N)cnc2n1C1CC1. The van der Waals surface area contributed by atoms with Crippen molar-refractivity contribution in [2.45, 2.75) is 32.2 Å². The van der Waals surface area contributed by atoms with Crippen LogP contribution >= 0.6 is 0 Å². The van der Waals surface area contributed by atoms with Crippen molar-refractivity contribution in [3.8, 4) is 0 Å². The third-order valence-corrected chi connectivity index (χ3v) is 2.85. The van der Waals surface area contributed by atoms with E-state index in [4.69, 9.17) is 5.73 Å². The number of fused-ring (bicyclic) bond motifs is 1. The Morgan fingerprint density at radius 1 is 1.53 bits per heavy atom. The van der Waals surface area contributed by atoms with Crippen molar-refractivity contribution in [1.29, 1.82) is 0 Å². The third-order valence-electron chi connectivity index (χ3n) is 2.85. The highest BCUT2D eigenvalue weighted by molar-refractivity contribution is 5.75. The van der Waals surface area contributed by atoms with Crippen LogP contribution in [0.25, 0.3) is 11.2 Å². The number of nitrogen functional groups attached to an aromatic ring is 1. The van der Waals surface area contributed by atoms with Gasteiger partial charge in [0.2, 0.25) is 0 Å². The van der Waals surface area contributed by atoms with Crippen LogP contribution in [0.4, 0.5) is 5.69 Å². The smallest absolute Gasteiger partial charge is 0.160 e. The Kier molecular flexibility index (Phi) is 1.71. The molecule has 4 heteroatoms. The zero-order valence-corrected chi connectivity index (χ0v) is 8.77. The Labute approximate surface area is 88.1 Å². The van der Waals surface area contributed by atoms with Gasteiger partial charge in [0.15, 0.2) is 5.65 Å². The molecule has 15 heavy (non-hydrogen) atoms. The molecule has 0 aromatic carbocycles. The number of aromatic nitrogens is 3. The minimum atomic E-state index is 0.626. The average molecular weight is 202 g/mol. The maximum absolute atomic E-state index is 5.70. The average Bonchev–Trinajstić information content (AvgIpc) is 2.99. The fourth-order valence-electron chi connectivity index (χ4n) is 2.01. The number of hydrogen-bond acceptors (Lipinski definition) is 3. The molecule has 1 aliphatic carbocycles. The molecule has 2 heterocycles. The minimum Gasteiger partial charge on any atom is -0.397 e. The van der Waals surface area contributed by atoms with Crippen LogP contribution in [-0.2, 0) is 6.42 Å². The van der Waals surface area contributed by atoms with Crippen LogP contribution in [0.2, 0.25) is 0 Å². The Balaban J connectivity index is 2.28. The van der Waals surface area contributed by atoms with Crippen molar-refractivity contribution in [1.82, 2.24) is 14.5 Å². The Morgan fingerprint density at radius 2 is 2.33 bits per heavy atom. The number of pyridine rings is 1. The molecule has 1 fully saturated rings. The summed E-state index contributed by atoms with van der Waals surface area (Å²) in [6.45, 7) is 2.13. The summed E-state index contributed by atoms with van der Waals surface area (Å²) in [5, 5.41) is 0. The number of aryl methyl sites for hydroxylation is 1. The van der Waals surface area contributed by atoms with Crippen LogP contribution in [-0.4, -0.2) is 14.5 Å². The lowest BCUT2D eigenvalue weighted by molar-refractivity contribution is 0.702. The Morgan fingerprint density at radius 3 is 3.00 bits per heavy atom. The van der Waals surface area contributed by atoms with Crippen molar-refractivity contribution in [3.05, 3.63) is 18.1 Å². The van der Waals surface area contributed by atoms with Crippen LogP contribution in [0.15, 0.2) is 12.3 Å². The molecule has 1 aliphatic rings. The molecular weight excluding hydrogens is 188 g/mol. The van der Waals surface area contributed by atoms with Crippen molar-refractivity contribution in [2.24, 2.45) is 0 Å². The van der Waals surface area contributed by atoms with Crippen LogP contribution < -0.4 is 5.73 Å². The van der Waals surface area contributed by atoms with Gasteiger partial charge < -0.3 is 10.3 Å². The zero-order valence-electron chi connectivity index (χ0n) is 8.77. The molecule has 2 aromatic heterocycles. The van der Waals surface area contributed by atoms with E-state index in [1.165, 1.54) is 12.8 Å². The van der Waals surface area contributed by atoms with Gasteiger partial charge in [0.05, 0.1) is 11.9 Å². The molecule has 2 N–H and O–H groups in total. The second-order valence-electron chi connectivity index (χ2n) is 4.09. The van der Waals surface area contributed by atoms with Crippen LogP contribution in [0.5, 0.6) is 0 Å². The summed E-state index contributed by atoms with van der Waals surface area (Å²) in [6, 6.07) is 2.53. The van der Waals surface area contributed by atoms with E-state index in [9.17, 15) is 0 Å². The zero-order chi connectivity index (χ0) is 10.4. The molecule has 0 atom stereocenters. The van der Waals surface area contributed by atoms with E-state index in [0.29, 0.717) is 11.7 Å². The molecule has 1 saturated carbocycles. The lowest BCUT2D eigenvalue weighted by Gasteiger charge is -2.04. The molecule has 0 amide bonds. The van der Waals surface area contributed by atoms with E-state index < -0.39 is 0 Å². The summed E-state index contributed by atoms with van der Waals surface area (Å²) in [6.07, 6.45) is 5.17. The highest BCUT2D eigenvalue weighted by Gasteiger charge is 2.28. The fourth-order valence-corrected chi connectivity index (χ4v) is 2.01. The summed E-state index contributed by atoms with van der Waals surface area (Å²) in [5.41, 5.74) is 8.31. The second-order valence-corrected chi connectivity index (χ2v) is 4.09. The number of anilines is 1. The van der Waals surface area contributed by atoms with Gasteiger partial charge in [-0.3, -0.25) is 0 Å². The standard InChI is InChI=1S/C11H14N4/c1-2-10-14-9-5-7(12)6-13-11(9)15(10)8-3-4-8/h5-6,8H,2-4,12H2,1H3. The molecule has 4 nitrogen and oxygen atoms in total. The summed E-state index contributed by atoms with van der Waals surface area (Å²) < 4.78 is 2.27. The van der Waals surface area contributed by atoms with E-state index >= 15 is 0 Å². The van der Waals surface area contributed by atoms with Gasteiger partial charge in [0.25, 0.3) is 0 Å². The molecule has 78 valence electrons. The first kappa shape index (κ1) is 8.71. The van der Waals surface area contributed by atoms with Gasteiger partial charge >= 0.3 is 0 Å². The summed E-state index contributed by atoms with van der Waals surface area (Å²) in [4.78, 5) is 8.96. The molecule has 0 radical (unpaired) electrons. The summed E-state index contributed by atoms with van der Waals surface area (Å²) in [5.74, 6) is 1.13. The molecular formula is C11H14N4. The fraction of sp³-hybridized carbons (Fsp3) is 0.455. The van der Waals surface area contributed by atoms with Crippen molar-refractivity contribution >= 4 is 16.9 Å². The Bertz CT molecular complexity index is 511. The molecule has 0 spiro atoms. The maximum atomic E-state index is 5.70. The first-order valence-electron chi connectivity index (χ1n) is 5.42. The predicted molar refractivity (Wildman–Crippen MR) is 59.6 cm³/mol. The normalized spacial score (nSPS) is 16.1. The third kappa shape index (κ3) is 1.28. The van der Waals surface area contributed by atoms with Crippen LogP contribution in [0.3, 0.4) is 0 Å². The number of imidazole rings is 1. The number of hydrogen-bond donors (Lipinski definition) is 1. The van der Waals surface area contributed by atoms with E-state index in [-0.39, 0.29) is 0 Å². The number of nitrogens with two attached hydrogens (primary N) is 1. The van der Waals surface area contributed by atoms with Crippen molar-refractivity contribution in [3.63, 3.8) is 0 Å². The Hall–Kier alpha value is -1.58. The second kappa shape index (κ2) is 2.95. The first-order valence-corrected chi connectivity index (χ1v) is 5.42. The summed E-state index contributed by atoms with van der Waals surface area (Å²) >= 11 is 0. The largest absolute Gasteiger partial charge is 0.397 e. The molecule has 0 aliphatic heterocycles. The molecule has 2 aromatic rings. The van der Waals surface area contributed by atoms with Gasteiger partial charge in [-0.1, -0.05) is 6.92 Å². The van der Waals surface area contributed by atoms with Gasteiger partial charge in [-0.05, 0) is 18.9 Å². The number of rotatable bonds is 2. The highest BCUT2D eigenvalue weighted by atomic mass is 15.2. The van der Waals surface area contributed by atoms with Gasteiger partial charge in [0.1, 0.15) is 11.3 Å². The lowest BCUT2D eigenvalue weighted by Crippen LogP contribution is -2.00. The van der Waals surface area contributed by atoms with Crippen molar-refractivity contribution < 1.29 is 0 Å². The van der Waals surface area contributed by atoms with Gasteiger partial charge in [-0.2, -0.15) is 0 Å². The van der Waals surface area contributed by atoms with E-state index in [1.807, 2.05) is 6.07 Å². The monoisotopic (exact) mass is 202 g/mol. The topological polar surface area (TPSA) is 56.7 Å².